The van der Waals surface area contributed by atoms with E-state index >= 15 is 0 Å². The summed E-state index contributed by atoms with van der Waals surface area (Å²) >= 11 is 3.45. The van der Waals surface area contributed by atoms with Crippen LogP contribution in [0.5, 0.6) is 0 Å². The average molecular weight is 375 g/mol. The van der Waals surface area contributed by atoms with Crippen molar-refractivity contribution in [1.29, 1.82) is 0 Å². The number of nitrogens with zero attached hydrogens (tertiary/aromatic N) is 2. The number of thiazole rings is 1. The standard InChI is InChI=1S/C18H22N4OS2/c1-3-19-18(20-10-11-24-2)21-12-13-8-9-15(23-13)17-22-14-6-4-5-7-16(14)25-17/h4-9H,3,10-12H2,1-2H3,(H2,19,20,21). The Bertz CT molecular complexity index is 807. The Kier molecular flexibility index (Phi) is 6.36. The SMILES string of the molecule is CCNC(=NCc1ccc(-c2nc3ccccc3s2)o1)NCCSC. The van der Waals surface area contributed by atoms with Gasteiger partial charge in [0.15, 0.2) is 16.7 Å². The maximum atomic E-state index is 5.93. The molecule has 0 fully saturated rings. The highest BCUT2D eigenvalue weighted by Gasteiger charge is 2.10. The van der Waals surface area contributed by atoms with Crippen molar-refractivity contribution >= 4 is 39.3 Å². The fourth-order valence-electron chi connectivity index (χ4n) is 2.33. The number of thioether (sulfide) groups is 1. The van der Waals surface area contributed by atoms with Gasteiger partial charge in [-0.1, -0.05) is 12.1 Å². The lowest BCUT2D eigenvalue weighted by Gasteiger charge is -2.09. The highest BCUT2D eigenvalue weighted by molar-refractivity contribution is 7.98. The van der Waals surface area contributed by atoms with Gasteiger partial charge in [0.25, 0.3) is 0 Å². The van der Waals surface area contributed by atoms with Gasteiger partial charge in [-0.15, -0.1) is 11.3 Å². The minimum atomic E-state index is 0.500. The van der Waals surface area contributed by atoms with E-state index in [0.717, 1.165) is 46.8 Å². The third-order valence-corrected chi connectivity index (χ3v) is 5.17. The lowest BCUT2D eigenvalue weighted by Crippen LogP contribution is -2.38. The van der Waals surface area contributed by atoms with E-state index in [2.05, 4.69) is 39.9 Å². The van der Waals surface area contributed by atoms with Gasteiger partial charge in [0, 0.05) is 18.8 Å². The van der Waals surface area contributed by atoms with Crippen LogP contribution in [0.2, 0.25) is 0 Å². The normalized spacial score (nSPS) is 11.8. The predicted molar refractivity (Wildman–Crippen MR) is 109 cm³/mol. The molecule has 132 valence electrons. The van der Waals surface area contributed by atoms with Crippen LogP contribution < -0.4 is 10.6 Å². The maximum absolute atomic E-state index is 5.93. The van der Waals surface area contributed by atoms with E-state index in [1.165, 1.54) is 4.70 Å². The van der Waals surface area contributed by atoms with Crippen LogP contribution in [0.4, 0.5) is 0 Å². The van der Waals surface area contributed by atoms with E-state index in [9.17, 15) is 0 Å². The summed E-state index contributed by atoms with van der Waals surface area (Å²) in [6, 6.07) is 12.1. The molecule has 5 nitrogen and oxygen atoms in total. The first kappa shape index (κ1) is 17.8. The first-order valence-corrected chi connectivity index (χ1v) is 10.5. The smallest absolute Gasteiger partial charge is 0.191 e. The van der Waals surface area contributed by atoms with Gasteiger partial charge in [-0.05, 0) is 37.4 Å². The zero-order valence-corrected chi connectivity index (χ0v) is 16.0. The number of aliphatic imine (C=N–C) groups is 1. The van der Waals surface area contributed by atoms with Crippen LogP contribution in [0.25, 0.3) is 21.0 Å². The number of furan rings is 1. The fourth-order valence-corrected chi connectivity index (χ4v) is 3.56. The van der Waals surface area contributed by atoms with Crippen LogP contribution in [-0.2, 0) is 6.54 Å². The van der Waals surface area contributed by atoms with Crippen molar-refractivity contribution in [2.75, 3.05) is 25.1 Å². The van der Waals surface area contributed by atoms with Crippen LogP contribution in [-0.4, -0.2) is 36.0 Å². The molecule has 7 heteroatoms. The molecule has 0 spiro atoms. The van der Waals surface area contributed by atoms with E-state index in [1.807, 2.05) is 42.1 Å². The predicted octanol–water partition coefficient (Wildman–Crippen LogP) is 3.97. The van der Waals surface area contributed by atoms with E-state index in [0.29, 0.717) is 6.54 Å². The molecule has 3 rings (SSSR count). The molecule has 0 aliphatic rings. The number of fused-ring (bicyclic) bond motifs is 1. The Labute approximate surface area is 155 Å². The van der Waals surface area contributed by atoms with Crippen LogP contribution in [0.15, 0.2) is 45.8 Å². The van der Waals surface area contributed by atoms with E-state index in [1.54, 1.807) is 11.3 Å². The van der Waals surface area contributed by atoms with E-state index in [-0.39, 0.29) is 0 Å². The molecule has 0 atom stereocenters. The summed E-state index contributed by atoms with van der Waals surface area (Å²) in [5, 5.41) is 7.46. The number of hydrogen-bond acceptors (Lipinski definition) is 5. The Morgan fingerprint density at radius 1 is 1.24 bits per heavy atom. The minimum absolute atomic E-state index is 0.500. The Morgan fingerprint density at radius 2 is 2.12 bits per heavy atom. The molecule has 2 N–H and O–H groups in total. The average Bonchev–Trinajstić information content (AvgIpc) is 3.26. The van der Waals surface area contributed by atoms with Crippen molar-refractivity contribution in [2.45, 2.75) is 13.5 Å². The summed E-state index contributed by atoms with van der Waals surface area (Å²) in [4.78, 5) is 9.21. The monoisotopic (exact) mass is 374 g/mol. The Hall–Kier alpha value is -1.99. The molecule has 0 unspecified atom stereocenters. The molecule has 0 bridgehead atoms. The topological polar surface area (TPSA) is 62.5 Å². The Balaban J connectivity index is 1.68. The van der Waals surface area contributed by atoms with Gasteiger partial charge in [-0.2, -0.15) is 11.8 Å². The number of para-hydroxylation sites is 1. The summed E-state index contributed by atoms with van der Waals surface area (Å²) in [7, 11) is 0. The van der Waals surface area contributed by atoms with Gasteiger partial charge < -0.3 is 15.1 Å². The van der Waals surface area contributed by atoms with Crippen LogP contribution in [0, 0.1) is 0 Å². The molecule has 1 aromatic carbocycles. The highest BCUT2D eigenvalue weighted by atomic mass is 32.2. The number of benzene rings is 1. The number of rotatable bonds is 7. The van der Waals surface area contributed by atoms with Crippen LogP contribution in [0.1, 0.15) is 12.7 Å². The molecule has 0 amide bonds. The quantitative estimate of drug-likeness (QED) is 0.372. The van der Waals surface area contributed by atoms with Crippen LogP contribution in [0.3, 0.4) is 0 Å². The first-order chi connectivity index (χ1) is 12.3. The molecule has 0 aliphatic carbocycles. The minimum Gasteiger partial charge on any atom is -0.457 e. The Morgan fingerprint density at radius 3 is 2.92 bits per heavy atom. The number of guanidine groups is 1. The van der Waals surface area contributed by atoms with Gasteiger partial charge >= 0.3 is 0 Å². The molecule has 2 heterocycles. The second-order valence-corrected chi connectivity index (χ2v) is 7.38. The van der Waals surface area contributed by atoms with Crippen molar-refractivity contribution in [3.8, 4) is 10.8 Å². The number of nitrogens with one attached hydrogen (secondary N) is 2. The molecule has 25 heavy (non-hydrogen) atoms. The lowest BCUT2D eigenvalue weighted by atomic mass is 10.3. The molecule has 0 saturated carbocycles. The van der Waals surface area contributed by atoms with Gasteiger partial charge in [0.05, 0.1) is 10.2 Å². The van der Waals surface area contributed by atoms with Crippen molar-refractivity contribution in [3.63, 3.8) is 0 Å². The second-order valence-electron chi connectivity index (χ2n) is 5.37. The summed E-state index contributed by atoms with van der Waals surface area (Å²) in [6.07, 6.45) is 2.10. The molecule has 0 saturated heterocycles. The summed E-state index contributed by atoms with van der Waals surface area (Å²) in [5.74, 6) is 3.49. The largest absolute Gasteiger partial charge is 0.457 e. The van der Waals surface area contributed by atoms with Gasteiger partial charge in [0.2, 0.25) is 0 Å². The van der Waals surface area contributed by atoms with Gasteiger partial charge in [-0.25, -0.2) is 9.98 Å². The third-order valence-electron chi connectivity index (χ3n) is 3.50. The summed E-state index contributed by atoms with van der Waals surface area (Å²) in [6.45, 7) is 4.28. The van der Waals surface area contributed by atoms with Gasteiger partial charge in [0.1, 0.15) is 12.3 Å². The third kappa shape index (κ3) is 4.76. The van der Waals surface area contributed by atoms with Crippen molar-refractivity contribution in [1.82, 2.24) is 15.6 Å². The molecule has 0 radical (unpaired) electrons. The molecular weight excluding hydrogens is 352 g/mol. The van der Waals surface area contributed by atoms with Crippen molar-refractivity contribution in [2.24, 2.45) is 4.99 Å². The summed E-state index contributed by atoms with van der Waals surface area (Å²) < 4.78 is 7.10. The molecule has 3 aromatic rings. The zero-order valence-electron chi connectivity index (χ0n) is 14.4. The molecular formula is C18H22N4OS2. The zero-order chi connectivity index (χ0) is 17.5. The number of hydrogen-bond donors (Lipinski definition) is 2. The molecule has 2 aromatic heterocycles. The van der Waals surface area contributed by atoms with Crippen LogP contribution >= 0.6 is 23.1 Å². The summed E-state index contributed by atoms with van der Waals surface area (Å²) in [5.41, 5.74) is 1.01. The van der Waals surface area contributed by atoms with E-state index < -0.39 is 0 Å². The lowest BCUT2D eigenvalue weighted by molar-refractivity contribution is 0.524. The highest BCUT2D eigenvalue weighted by Crippen LogP contribution is 2.31. The maximum Gasteiger partial charge on any atom is 0.191 e. The first-order valence-electron chi connectivity index (χ1n) is 8.26. The van der Waals surface area contributed by atoms with Gasteiger partial charge in [-0.3, -0.25) is 0 Å². The van der Waals surface area contributed by atoms with Crippen molar-refractivity contribution < 1.29 is 4.42 Å². The number of aromatic nitrogens is 1. The van der Waals surface area contributed by atoms with Crippen molar-refractivity contribution in [3.05, 3.63) is 42.2 Å². The second kappa shape index (κ2) is 8.92. The fraction of sp³-hybridized carbons (Fsp3) is 0.333. The van der Waals surface area contributed by atoms with E-state index in [4.69, 9.17) is 4.42 Å². The molecule has 0 aliphatic heterocycles.